The number of phenolic OH excluding ortho intramolecular Hbond substituents is 1. The highest BCUT2D eigenvalue weighted by Gasteiger charge is 2.08. The van der Waals surface area contributed by atoms with Crippen LogP contribution >= 0.6 is 11.6 Å². The first-order valence-corrected chi connectivity index (χ1v) is 5.17. The summed E-state index contributed by atoms with van der Waals surface area (Å²) in [4.78, 5) is 10.5. The van der Waals surface area contributed by atoms with Gasteiger partial charge < -0.3 is 9.84 Å². The number of hydrogen-bond donors (Lipinski definition) is 1. The molecule has 1 aromatic carbocycles. The zero-order chi connectivity index (χ0) is 11.3. The van der Waals surface area contributed by atoms with Gasteiger partial charge in [-0.25, -0.2) is 0 Å². The minimum atomic E-state index is -0.110. The summed E-state index contributed by atoms with van der Waals surface area (Å²) >= 11 is 5.86. The van der Waals surface area contributed by atoms with Crippen LogP contribution < -0.4 is 4.74 Å². The van der Waals surface area contributed by atoms with Crippen LogP contribution in [0.3, 0.4) is 0 Å². The fourth-order valence-electron chi connectivity index (χ4n) is 1.09. The lowest BCUT2D eigenvalue weighted by atomic mass is 10.2. The van der Waals surface area contributed by atoms with Crippen LogP contribution in [-0.4, -0.2) is 18.0 Å². The predicted octanol–water partition coefficient (Wildman–Crippen LogP) is 3.04. The molecule has 15 heavy (non-hydrogen) atoms. The molecule has 0 atom stereocenters. The van der Waals surface area contributed by atoms with E-state index in [1.54, 1.807) is 0 Å². The first-order valence-electron chi connectivity index (χ1n) is 4.79. The fourth-order valence-corrected chi connectivity index (χ4v) is 1.32. The molecule has 0 heterocycles. The van der Waals surface area contributed by atoms with Crippen molar-refractivity contribution in [2.24, 2.45) is 0 Å². The lowest BCUT2D eigenvalue weighted by molar-refractivity contribution is 0.112. The molecule has 0 saturated carbocycles. The Morgan fingerprint density at radius 1 is 1.53 bits per heavy atom. The Balaban J connectivity index is 2.80. The van der Waals surface area contributed by atoms with Gasteiger partial charge in [0.05, 0.1) is 17.2 Å². The minimum absolute atomic E-state index is 0.110. The number of carbonyl (C=O) groups is 1. The van der Waals surface area contributed by atoms with Crippen LogP contribution in [0.5, 0.6) is 11.5 Å². The van der Waals surface area contributed by atoms with Gasteiger partial charge in [0.15, 0.2) is 6.29 Å². The summed E-state index contributed by atoms with van der Waals surface area (Å²) in [5.41, 5.74) is 0.169. The average Bonchev–Trinajstić information content (AvgIpc) is 2.23. The number of aromatic hydroxyl groups is 1. The quantitative estimate of drug-likeness (QED) is 0.623. The van der Waals surface area contributed by atoms with Crippen molar-refractivity contribution < 1.29 is 14.6 Å². The number of carbonyl (C=O) groups excluding carboxylic acids is 1. The number of halogens is 1. The molecular weight excluding hydrogens is 216 g/mol. The second-order valence-electron chi connectivity index (χ2n) is 3.16. The van der Waals surface area contributed by atoms with E-state index in [9.17, 15) is 9.90 Å². The van der Waals surface area contributed by atoms with Gasteiger partial charge in [0.2, 0.25) is 0 Å². The standard InChI is InChI=1S/C11H13ClO3/c1-2-3-4-15-11-6-10(14)8(7-13)5-9(11)12/h5-7,14H,2-4H2,1H3. The highest BCUT2D eigenvalue weighted by Crippen LogP contribution is 2.31. The van der Waals surface area contributed by atoms with Crippen LogP contribution in [0.25, 0.3) is 0 Å². The number of ether oxygens (including phenoxy) is 1. The molecule has 0 unspecified atom stereocenters. The van der Waals surface area contributed by atoms with E-state index in [1.807, 2.05) is 0 Å². The Morgan fingerprint density at radius 3 is 2.87 bits per heavy atom. The van der Waals surface area contributed by atoms with E-state index < -0.39 is 0 Å². The van der Waals surface area contributed by atoms with Crippen molar-refractivity contribution in [3.05, 3.63) is 22.7 Å². The highest BCUT2D eigenvalue weighted by atomic mass is 35.5. The number of rotatable bonds is 5. The zero-order valence-corrected chi connectivity index (χ0v) is 9.25. The van der Waals surface area contributed by atoms with E-state index in [0.29, 0.717) is 23.7 Å². The van der Waals surface area contributed by atoms with Gasteiger partial charge in [-0.3, -0.25) is 4.79 Å². The molecule has 0 aromatic heterocycles. The third-order valence-corrected chi connectivity index (χ3v) is 2.26. The maximum atomic E-state index is 10.5. The SMILES string of the molecule is CCCCOc1cc(O)c(C=O)cc1Cl. The molecule has 0 amide bonds. The Labute approximate surface area is 93.6 Å². The van der Waals surface area contributed by atoms with Gasteiger partial charge in [-0.1, -0.05) is 24.9 Å². The fraction of sp³-hybridized carbons (Fsp3) is 0.364. The van der Waals surface area contributed by atoms with Crippen LogP contribution in [0.2, 0.25) is 5.02 Å². The molecule has 0 radical (unpaired) electrons. The van der Waals surface area contributed by atoms with Crippen molar-refractivity contribution in [2.75, 3.05) is 6.61 Å². The molecule has 1 aromatic rings. The number of phenols is 1. The third-order valence-electron chi connectivity index (χ3n) is 1.96. The summed E-state index contributed by atoms with van der Waals surface area (Å²) in [6.45, 7) is 2.61. The summed E-state index contributed by atoms with van der Waals surface area (Å²) in [5, 5.41) is 9.74. The van der Waals surface area contributed by atoms with Crippen LogP contribution in [0.4, 0.5) is 0 Å². The number of unbranched alkanes of at least 4 members (excludes halogenated alkanes) is 1. The Kier molecular flexibility index (Phi) is 4.43. The summed E-state index contributed by atoms with van der Waals surface area (Å²) in [6.07, 6.45) is 2.50. The molecular formula is C11H13ClO3. The minimum Gasteiger partial charge on any atom is -0.507 e. The van der Waals surface area contributed by atoms with E-state index >= 15 is 0 Å². The maximum absolute atomic E-state index is 10.5. The third kappa shape index (κ3) is 3.13. The maximum Gasteiger partial charge on any atom is 0.153 e. The first kappa shape index (κ1) is 11.9. The van der Waals surface area contributed by atoms with Gasteiger partial charge in [-0.05, 0) is 12.5 Å². The number of hydrogen-bond acceptors (Lipinski definition) is 3. The second-order valence-corrected chi connectivity index (χ2v) is 3.57. The molecule has 0 spiro atoms. The van der Waals surface area contributed by atoms with E-state index in [1.165, 1.54) is 12.1 Å². The van der Waals surface area contributed by atoms with Crippen molar-refractivity contribution in [3.8, 4) is 11.5 Å². The molecule has 4 heteroatoms. The lowest BCUT2D eigenvalue weighted by Crippen LogP contribution is -1.97. The molecule has 0 bridgehead atoms. The van der Waals surface area contributed by atoms with Crippen molar-refractivity contribution in [1.82, 2.24) is 0 Å². The van der Waals surface area contributed by atoms with Crippen molar-refractivity contribution in [3.63, 3.8) is 0 Å². The normalized spacial score (nSPS) is 10.0. The Hall–Kier alpha value is -1.22. The zero-order valence-electron chi connectivity index (χ0n) is 8.50. The molecule has 0 saturated heterocycles. The van der Waals surface area contributed by atoms with Gasteiger partial charge in [-0.2, -0.15) is 0 Å². The van der Waals surface area contributed by atoms with Crippen LogP contribution in [0.1, 0.15) is 30.1 Å². The molecule has 3 nitrogen and oxygen atoms in total. The topological polar surface area (TPSA) is 46.5 Å². The largest absolute Gasteiger partial charge is 0.507 e. The van der Waals surface area contributed by atoms with E-state index in [0.717, 1.165) is 12.8 Å². The summed E-state index contributed by atoms with van der Waals surface area (Å²) < 4.78 is 5.35. The number of benzene rings is 1. The molecule has 1 N–H and O–H groups in total. The number of aldehydes is 1. The molecule has 0 aliphatic rings. The molecule has 0 aliphatic heterocycles. The van der Waals surface area contributed by atoms with Gasteiger partial charge in [-0.15, -0.1) is 0 Å². The van der Waals surface area contributed by atoms with Crippen molar-refractivity contribution in [1.29, 1.82) is 0 Å². The van der Waals surface area contributed by atoms with Gasteiger partial charge in [0.25, 0.3) is 0 Å². The van der Waals surface area contributed by atoms with Gasteiger partial charge >= 0.3 is 0 Å². The lowest BCUT2D eigenvalue weighted by Gasteiger charge is -2.08. The highest BCUT2D eigenvalue weighted by molar-refractivity contribution is 6.32. The predicted molar refractivity (Wildman–Crippen MR) is 58.9 cm³/mol. The van der Waals surface area contributed by atoms with Crippen molar-refractivity contribution in [2.45, 2.75) is 19.8 Å². The second kappa shape index (κ2) is 5.61. The van der Waals surface area contributed by atoms with Gasteiger partial charge in [0.1, 0.15) is 11.5 Å². The van der Waals surface area contributed by atoms with E-state index in [4.69, 9.17) is 16.3 Å². The molecule has 0 aliphatic carbocycles. The van der Waals surface area contributed by atoms with Crippen LogP contribution in [-0.2, 0) is 0 Å². The average molecular weight is 229 g/mol. The molecule has 1 rings (SSSR count). The Morgan fingerprint density at radius 2 is 2.27 bits per heavy atom. The molecule has 0 fully saturated rings. The monoisotopic (exact) mass is 228 g/mol. The van der Waals surface area contributed by atoms with E-state index in [-0.39, 0.29) is 11.3 Å². The van der Waals surface area contributed by atoms with Crippen LogP contribution in [0.15, 0.2) is 12.1 Å². The molecule has 82 valence electrons. The first-order chi connectivity index (χ1) is 7.19. The summed E-state index contributed by atoms with van der Waals surface area (Å²) in [6, 6.07) is 2.76. The summed E-state index contributed by atoms with van der Waals surface area (Å²) in [7, 11) is 0. The van der Waals surface area contributed by atoms with Crippen LogP contribution in [0, 0.1) is 0 Å². The van der Waals surface area contributed by atoms with Gasteiger partial charge in [0, 0.05) is 6.07 Å². The summed E-state index contributed by atoms with van der Waals surface area (Å²) in [5.74, 6) is 0.300. The van der Waals surface area contributed by atoms with Crippen molar-refractivity contribution >= 4 is 17.9 Å². The Bertz CT molecular complexity index is 350. The van der Waals surface area contributed by atoms with E-state index in [2.05, 4.69) is 6.92 Å². The smallest absolute Gasteiger partial charge is 0.153 e.